The molecule has 2 heterocycles. The molecular weight excluding hydrogens is 614 g/mol. The van der Waals surface area contributed by atoms with Gasteiger partial charge < -0.3 is 47.9 Å². The Morgan fingerprint density at radius 3 is 1.33 bits per heavy atom. The molecule has 0 aromatic heterocycles. The van der Waals surface area contributed by atoms with E-state index in [0.717, 1.165) is 28.1 Å². The molecular formula is C38H43NO9. The lowest BCUT2D eigenvalue weighted by Gasteiger charge is -2.41. The number of nitrogens with zero attached hydrogens (tertiary/aromatic N) is 1. The second kappa shape index (κ2) is 16.7. The molecule has 4 aromatic rings. The van der Waals surface area contributed by atoms with E-state index in [0.29, 0.717) is 102 Å². The minimum absolute atomic E-state index is 0.347. The highest BCUT2D eigenvalue weighted by atomic mass is 16.6. The van der Waals surface area contributed by atoms with Crippen molar-refractivity contribution in [1.29, 1.82) is 0 Å². The number of para-hydroxylation sites is 2. The maximum atomic E-state index is 12.7. The fourth-order valence-electron chi connectivity index (χ4n) is 5.83. The van der Waals surface area contributed by atoms with Crippen molar-refractivity contribution < 1.29 is 43.0 Å². The van der Waals surface area contributed by atoms with Crippen molar-refractivity contribution in [2.24, 2.45) is 0 Å². The van der Waals surface area contributed by atoms with E-state index in [1.54, 1.807) is 0 Å². The summed E-state index contributed by atoms with van der Waals surface area (Å²) in [4.78, 5) is 2.08. The quantitative estimate of drug-likeness (QED) is 0.289. The van der Waals surface area contributed by atoms with Gasteiger partial charge >= 0.3 is 0 Å². The molecule has 2 aliphatic rings. The molecule has 48 heavy (non-hydrogen) atoms. The summed E-state index contributed by atoms with van der Waals surface area (Å²) >= 11 is 0. The van der Waals surface area contributed by atoms with Crippen LogP contribution in [0.25, 0.3) is 0 Å². The molecule has 0 radical (unpaired) electrons. The van der Waals surface area contributed by atoms with Gasteiger partial charge in [-0.3, -0.25) is 0 Å². The number of hydrogen-bond acceptors (Lipinski definition) is 10. The fraction of sp³-hybridized carbons (Fsp3) is 0.368. The van der Waals surface area contributed by atoms with Crippen molar-refractivity contribution in [1.82, 2.24) is 0 Å². The second-order valence-corrected chi connectivity index (χ2v) is 11.3. The van der Waals surface area contributed by atoms with Gasteiger partial charge in [0, 0.05) is 29.5 Å². The van der Waals surface area contributed by atoms with Gasteiger partial charge in [0.2, 0.25) is 0 Å². The lowest BCUT2D eigenvalue weighted by Crippen LogP contribution is -2.36. The lowest BCUT2D eigenvalue weighted by molar-refractivity contribution is 0.0248. The highest BCUT2D eigenvalue weighted by Gasteiger charge is 2.43. The Morgan fingerprint density at radius 2 is 0.875 bits per heavy atom. The number of hydrogen-bond donors (Lipinski definition) is 1. The van der Waals surface area contributed by atoms with E-state index in [-0.39, 0.29) is 0 Å². The van der Waals surface area contributed by atoms with E-state index in [9.17, 15) is 5.11 Å². The van der Waals surface area contributed by atoms with E-state index in [2.05, 4.69) is 4.90 Å². The first-order chi connectivity index (χ1) is 23.6. The molecule has 2 aliphatic heterocycles. The van der Waals surface area contributed by atoms with Gasteiger partial charge in [-0.05, 0) is 54.1 Å². The molecule has 0 aliphatic carbocycles. The summed E-state index contributed by atoms with van der Waals surface area (Å²) in [5.41, 5.74) is 2.50. The molecule has 4 aromatic carbocycles. The van der Waals surface area contributed by atoms with Crippen molar-refractivity contribution in [2.45, 2.75) is 5.60 Å². The number of aliphatic hydroxyl groups is 1. The molecule has 4 bridgehead atoms. The first-order valence-electron chi connectivity index (χ1n) is 16.4. The van der Waals surface area contributed by atoms with Crippen LogP contribution >= 0.6 is 0 Å². The molecule has 0 saturated carbocycles. The van der Waals surface area contributed by atoms with Crippen LogP contribution in [0.3, 0.4) is 0 Å². The largest absolute Gasteiger partial charge is 0.491 e. The highest BCUT2D eigenvalue weighted by molar-refractivity contribution is 5.80. The number of ether oxygens (including phenoxy) is 8. The SMILES string of the molecule is CN1c2ccc3cc2C(O)(c2ccccc2)c2cc(ccc21)OCCOCCOCCOc1ccccc1OCCOCCOCCO3. The Balaban J connectivity index is 1.17. The van der Waals surface area contributed by atoms with Gasteiger partial charge in [0.1, 0.15) is 43.5 Å². The van der Waals surface area contributed by atoms with Crippen LogP contribution in [0, 0.1) is 0 Å². The van der Waals surface area contributed by atoms with Crippen molar-refractivity contribution >= 4 is 11.4 Å². The van der Waals surface area contributed by atoms with Gasteiger partial charge in [-0.15, -0.1) is 0 Å². The monoisotopic (exact) mass is 657 g/mol. The number of anilines is 2. The van der Waals surface area contributed by atoms with Crippen molar-refractivity contribution in [3.8, 4) is 23.0 Å². The summed E-state index contributed by atoms with van der Waals surface area (Å²) in [6, 6.07) is 28.8. The minimum Gasteiger partial charge on any atom is -0.491 e. The summed E-state index contributed by atoms with van der Waals surface area (Å²) < 4.78 is 46.7. The molecule has 254 valence electrons. The van der Waals surface area contributed by atoms with E-state index in [4.69, 9.17) is 37.9 Å². The second-order valence-electron chi connectivity index (χ2n) is 11.3. The fourth-order valence-corrected chi connectivity index (χ4v) is 5.83. The summed E-state index contributed by atoms with van der Waals surface area (Å²) in [6.07, 6.45) is 0. The molecule has 0 fully saturated rings. The summed E-state index contributed by atoms with van der Waals surface area (Å²) in [5.74, 6) is 2.59. The highest BCUT2D eigenvalue weighted by Crippen LogP contribution is 2.52. The van der Waals surface area contributed by atoms with Crippen LogP contribution < -0.4 is 23.8 Å². The normalized spacial score (nSPS) is 18.1. The van der Waals surface area contributed by atoms with Crippen LogP contribution in [0.15, 0.2) is 91.0 Å². The van der Waals surface area contributed by atoms with Gasteiger partial charge in [-0.1, -0.05) is 42.5 Å². The summed E-state index contributed by atoms with van der Waals surface area (Å²) in [7, 11) is 2.00. The van der Waals surface area contributed by atoms with Crippen LogP contribution in [0.4, 0.5) is 11.4 Å². The molecule has 10 heteroatoms. The first kappa shape index (κ1) is 33.6. The first-order valence-corrected chi connectivity index (χ1v) is 16.4. The third kappa shape index (κ3) is 8.03. The van der Waals surface area contributed by atoms with Gasteiger partial charge in [0.05, 0.1) is 52.9 Å². The Kier molecular flexibility index (Phi) is 11.7. The van der Waals surface area contributed by atoms with Crippen molar-refractivity contribution in [3.05, 3.63) is 108 Å². The summed E-state index contributed by atoms with van der Waals surface area (Å²) in [6.45, 7) is 4.80. The third-order valence-corrected chi connectivity index (χ3v) is 8.19. The Bertz CT molecular complexity index is 1500. The van der Waals surface area contributed by atoms with Gasteiger partial charge in [0.25, 0.3) is 0 Å². The van der Waals surface area contributed by atoms with E-state index < -0.39 is 5.60 Å². The molecule has 6 rings (SSSR count). The third-order valence-electron chi connectivity index (χ3n) is 8.19. The number of rotatable bonds is 1. The maximum Gasteiger partial charge on any atom is 0.161 e. The maximum absolute atomic E-state index is 12.7. The topological polar surface area (TPSA) is 97.3 Å². The smallest absolute Gasteiger partial charge is 0.161 e. The van der Waals surface area contributed by atoms with E-state index >= 15 is 0 Å². The molecule has 0 spiro atoms. The molecule has 0 atom stereocenters. The number of benzene rings is 4. The van der Waals surface area contributed by atoms with Crippen LogP contribution in [-0.4, -0.2) is 91.4 Å². The van der Waals surface area contributed by atoms with Crippen molar-refractivity contribution in [2.75, 3.05) is 91.2 Å². The molecule has 10 nitrogen and oxygen atoms in total. The molecule has 0 amide bonds. The lowest BCUT2D eigenvalue weighted by atomic mass is 9.76. The standard InChI is InChI=1S/C38H43NO9/c1-39-34-13-11-30-27-32(34)38(40,29-7-3-2-4-8-29)33-28-31(12-14-35(33)39)46-24-20-42-16-18-44-22-26-48-37-10-6-5-9-36(37)47-25-21-43-17-15-41-19-23-45-30/h2-14,27-28,40H,15-26H2,1H3. The Morgan fingerprint density at radius 1 is 0.479 bits per heavy atom. The average Bonchev–Trinajstić information content (AvgIpc) is 3.12. The average molecular weight is 658 g/mol. The molecule has 1 N–H and O–H groups in total. The van der Waals surface area contributed by atoms with Gasteiger partial charge in [0.15, 0.2) is 11.5 Å². The molecule has 0 unspecified atom stereocenters. The van der Waals surface area contributed by atoms with Crippen molar-refractivity contribution in [3.63, 3.8) is 0 Å². The van der Waals surface area contributed by atoms with Gasteiger partial charge in [-0.2, -0.15) is 0 Å². The molecule has 0 saturated heterocycles. The summed E-state index contributed by atoms with van der Waals surface area (Å²) in [5, 5.41) is 12.7. The van der Waals surface area contributed by atoms with E-state index in [1.807, 2.05) is 98.0 Å². The zero-order valence-electron chi connectivity index (χ0n) is 27.3. The van der Waals surface area contributed by atoms with Crippen LogP contribution in [0.2, 0.25) is 0 Å². The predicted octanol–water partition coefficient (Wildman–Crippen LogP) is 5.35. The predicted molar refractivity (Wildman–Crippen MR) is 181 cm³/mol. The Hall–Kier alpha value is -4.32. The zero-order chi connectivity index (χ0) is 33.0. The van der Waals surface area contributed by atoms with Gasteiger partial charge in [-0.25, -0.2) is 0 Å². The zero-order valence-corrected chi connectivity index (χ0v) is 27.3. The van der Waals surface area contributed by atoms with E-state index in [1.165, 1.54) is 0 Å². The number of fused-ring (bicyclic) bond motifs is 3. The van der Waals surface area contributed by atoms with Crippen LogP contribution in [-0.2, 0) is 24.5 Å². The Labute approximate surface area is 281 Å². The minimum atomic E-state index is -1.45. The van der Waals surface area contributed by atoms with Crippen LogP contribution in [0.1, 0.15) is 16.7 Å². The van der Waals surface area contributed by atoms with Crippen LogP contribution in [0.5, 0.6) is 23.0 Å².